The van der Waals surface area contributed by atoms with E-state index in [1.807, 2.05) is 0 Å². The molecule has 12 atom stereocenters. The molecule has 0 fully saturated rings. The van der Waals surface area contributed by atoms with Gasteiger partial charge in [-0.2, -0.15) is 12.6 Å². The topological polar surface area (TPSA) is 652 Å². The van der Waals surface area contributed by atoms with Gasteiger partial charge in [0.25, 0.3) is 0 Å². The molecule has 0 saturated carbocycles. The van der Waals surface area contributed by atoms with Crippen LogP contribution in [0.2, 0.25) is 0 Å². The van der Waals surface area contributed by atoms with E-state index in [0.29, 0.717) is 25.8 Å². The molecule has 24 N–H and O–H groups in total. The number of rotatable bonds is 55. The third kappa shape index (κ3) is 42.2. The second-order valence-corrected chi connectivity index (χ2v) is 27.0. The molecule has 0 aromatic heterocycles. The highest BCUT2D eigenvalue weighted by atomic mass is 32.1. The van der Waals surface area contributed by atoms with Crippen LogP contribution in [0.5, 0.6) is 0 Å². The SMILES string of the molecule is CC(=O)NCCCC[C@H](N)C(=O)N[C@@H](CS)C(=O)N[C@@H](C)C(=O)N[C@@H](CCC(=O)O)C(=O)N[C@@H](CC(C)C)C(=O)N[C@@H](CCC(=O)O)C(=O)NCC(=O)N[C@@H](CCCCN)C(=O)N[C@@H](CC(C)C)C(=O)N[C@@H](CCC(=O)O)C(=O)N[C@@H](C)C(=O)N[C@@H](CC(C)C)C(=O)N[C@@H](CCC(=O)O)C(=O)NCC(N)=O. The Bertz CT molecular complexity index is 3030. The molecule has 0 saturated heterocycles. The maximum atomic E-state index is 14.2. The maximum absolute atomic E-state index is 14.2. The summed E-state index contributed by atoms with van der Waals surface area (Å²) in [7, 11) is 0. The van der Waals surface area contributed by atoms with Crippen molar-refractivity contribution in [3.63, 3.8) is 0 Å². The van der Waals surface area contributed by atoms with Gasteiger partial charge in [-0.3, -0.25) is 91.1 Å². The highest BCUT2D eigenvalue weighted by Crippen LogP contribution is 2.14. The van der Waals surface area contributed by atoms with Crippen molar-refractivity contribution in [1.29, 1.82) is 0 Å². The maximum Gasteiger partial charge on any atom is 0.303 e. The van der Waals surface area contributed by atoms with Crippen molar-refractivity contribution >= 4 is 125 Å². The molecular formula is C65H111N17O23S. The first-order chi connectivity index (χ1) is 49.5. The predicted octanol–water partition coefficient (Wildman–Crippen LogP) is -5.63. The summed E-state index contributed by atoms with van der Waals surface area (Å²) in [5.41, 5.74) is 16.8. The first kappa shape index (κ1) is 96.2. The van der Waals surface area contributed by atoms with E-state index >= 15 is 0 Å². The number of primary amides is 1. The first-order valence-electron chi connectivity index (χ1n) is 34.9. The Balaban J connectivity index is 6.62. The Morgan fingerprint density at radius 1 is 0.340 bits per heavy atom. The lowest BCUT2D eigenvalue weighted by molar-refractivity contribution is -0.139. The van der Waals surface area contributed by atoms with Gasteiger partial charge in [0, 0.05) is 44.9 Å². The lowest BCUT2D eigenvalue weighted by atomic mass is 10.0. The predicted molar refractivity (Wildman–Crippen MR) is 381 cm³/mol. The Hall–Kier alpha value is -9.80. The third-order valence-electron chi connectivity index (χ3n) is 15.6. The van der Waals surface area contributed by atoms with Crippen molar-refractivity contribution in [2.45, 2.75) is 244 Å². The van der Waals surface area contributed by atoms with E-state index in [-0.39, 0.29) is 68.6 Å². The standard InChI is InChI=1S/C65H111N17O23S/c1-32(2)26-44(62(102)76-40(16-20-50(86)87)57(97)70-29-48(68)84)79-55(95)36(8)72-59(99)42(18-22-52(90)91)78-64(104)46(28-34(5)6)80-60(100)39(15-10-12-24-66)74-49(85)30-71-58(98)41(17-21-51(88)89)77-63(103)45(27-33(3)4)81-61(101)43(19-23-53(92)93)75-54(94)35(7)73-65(105)47(31-106)82-56(96)38(67)14-11-13-25-69-37(9)83/h32-36,38-47,106H,10-31,66-67H2,1-9H3,(H2,68,84)(H,69,83)(H,70,97)(H,71,98)(H,72,99)(H,73,105)(H,74,85)(H,75,94)(H,76,102)(H,77,103)(H,78,104)(H,79,95)(H,80,100)(H,81,101)(H,82,96)(H,86,87)(H,88,89)(H,90,91)(H,92,93)/t35-,36-,38-,39-,40-,41-,42-,43-,44-,45-,46-,47-/m0/s1. The van der Waals surface area contributed by atoms with E-state index < -0.39 is 249 Å². The number of carboxylic acids is 4. The van der Waals surface area contributed by atoms with Crippen LogP contribution in [0.25, 0.3) is 0 Å². The van der Waals surface area contributed by atoms with Crippen LogP contribution in [0.1, 0.15) is 171 Å². The zero-order valence-corrected chi connectivity index (χ0v) is 62.3. The molecule has 106 heavy (non-hydrogen) atoms. The van der Waals surface area contributed by atoms with Gasteiger partial charge >= 0.3 is 23.9 Å². The molecule has 0 aliphatic rings. The fourth-order valence-electron chi connectivity index (χ4n) is 9.92. The van der Waals surface area contributed by atoms with Crippen molar-refractivity contribution < 1.29 is 112 Å². The number of aliphatic carboxylic acids is 4. The van der Waals surface area contributed by atoms with Crippen LogP contribution in [0.3, 0.4) is 0 Å². The minimum absolute atomic E-state index is 0.0514. The number of nitrogens with two attached hydrogens (primary N) is 3. The molecule has 0 radical (unpaired) electrons. The number of thiol groups is 1. The summed E-state index contributed by atoms with van der Waals surface area (Å²) in [6, 6.07) is -17.8. The van der Waals surface area contributed by atoms with E-state index in [1.165, 1.54) is 20.8 Å². The van der Waals surface area contributed by atoms with Gasteiger partial charge < -0.3 is 112 Å². The summed E-state index contributed by atoms with van der Waals surface area (Å²) in [4.78, 5) is 247. The molecule has 0 aliphatic carbocycles. The van der Waals surface area contributed by atoms with Gasteiger partial charge in [0.05, 0.1) is 19.1 Å². The molecule has 0 aromatic carbocycles. The number of carbonyl (C=O) groups is 19. The van der Waals surface area contributed by atoms with Crippen LogP contribution in [0, 0.1) is 17.8 Å². The molecule has 0 bridgehead atoms. The summed E-state index contributed by atoms with van der Waals surface area (Å²) >= 11 is 4.13. The molecular weight excluding hydrogens is 1420 g/mol. The largest absolute Gasteiger partial charge is 0.481 e. The van der Waals surface area contributed by atoms with Gasteiger partial charge in [-0.05, 0) is 122 Å². The van der Waals surface area contributed by atoms with Crippen LogP contribution in [-0.4, -0.2) is 237 Å². The molecule has 40 nitrogen and oxygen atoms in total. The average molecular weight is 1530 g/mol. The summed E-state index contributed by atoms with van der Waals surface area (Å²) in [6.45, 7) is 12.7. The van der Waals surface area contributed by atoms with Crippen molar-refractivity contribution in [2.75, 3.05) is 31.9 Å². The third-order valence-corrected chi connectivity index (χ3v) is 15.9. The molecule has 0 heterocycles. The molecule has 41 heteroatoms. The van der Waals surface area contributed by atoms with Crippen LogP contribution >= 0.6 is 12.6 Å². The summed E-state index contributed by atoms with van der Waals surface area (Å²) in [6.07, 6.45) is -3.57. The molecule has 0 aromatic rings. The average Bonchev–Trinajstić information content (AvgIpc) is 0.866. The van der Waals surface area contributed by atoms with Crippen LogP contribution in [0.15, 0.2) is 0 Å². The lowest BCUT2D eigenvalue weighted by Crippen LogP contribution is -2.60. The molecule has 0 spiro atoms. The van der Waals surface area contributed by atoms with Gasteiger partial charge in [-0.1, -0.05) is 41.5 Å². The lowest BCUT2D eigenvalue weighted by Gasteiger charge is -2.27. The molecule has 15 amide bonds. The Morgan fingerprint density at radius 2 is 0.642 bits per heavy atom. The summed E-state index contributed by atoms with van der Waals surface area (Å²) in [5, 5.41) is 71.7. The first-order valence-corrected chi connectivity index (χ1v) is 35.5. The fourth-order valence-corrected chi connectivity index (χ4v) is 10.2. The van der Waals surface area contributed by atoms with Gasteiger partial charge in [0.15, 0.2) is 0 Å². The van der Waals surface area contributed by atoms with Gasteiger partial charge in [-0.25, -0.2) is 0 Å². The highest BCUT2D eigenvalue weighted by molar-refractivity contribution is 7.80. The van der Waals surface area contributed by atoms with Crippen LogP contribution in [-0.2, 0) is 91.1 Å². The van der Waals surface area contributed by atoms with Gasteiger partial charge in [-0.15, -0.1) is 0 Å². The van der Waals surface area contributed by atoms with Gasteiger partial charge in [0.2, 0.25) is 88.6 Å². The zero-order chi connectivity index (χ0) is 81.1. The van der Waals surface area contributed by atoms with E-state index in [4.69, 9.17) is 17.2 Å². The normalized spacial score (nSPS) is 14.4. The van der Waals surface area contributed by atoms with E-state index in [9.17, 15) is 112 Å². The number of nitrogens with one attached hydrogen (secondary N) is 14. The highest BCUT2D eigenvalue weighted by Gasteiger charge is 2.37. The van der Waals surface area contributed by atoms with Crippen molar-refractivity contribution in [1.82, 2.24) is 74.4 Å². The number of unbranched alkanes of at least 4 members (excludes halogenated alkanes) is 2. The number of amides is 15. The minimum Gasteiger partial charge on any atom is -0.481 e. The van der Waals surface area contributed by atoms with Crippen LogP contribution < -0.4 is 91.6 Å². The Morgan fingerprint density at radius 3 is 0.991 bits per heavy atom. The Labute approximate surface area is 619 Å². The number of carbonyl (C=O) groups excluding carboxylic acids is 15. The van der Waals surface area contributed by atoms with E-state index in [0.717, 1.165) is 0 Å². The van der Waals surface area contributed by atoms with Crippen molar-refractivity contribution in [3.05, 3.63) is 0 Å². The molecule has 0 unspecified atom stereocenters. The van der Waals surface area contributed by atoms with Crippen LogP contribution in [0.4, 0.5) is 0 Å². The molecule has 0 rings (SSSR count). The molecule has 600 valence electrons. The number of hydrogen-bond donors (Lipinski definition) is 22. The smallest absolute Gasteiger partial charge is 0.303 e. The van der Waals surface area contributed by atoms with Gasteiger partial charge in [0.1, 0.15) is 66.5 Å². The number of hydrogen-bond acceptors (Lipinski definition) is 22. The second kappa shape index (κ2) is 51.4. The molecule has 0 aliphatic heterocycles. The summed E-state index contributed by atoms with van der Waals surface area (Å²) in [5.74, 6) is -20.8. The Kier molecular flexibility index (Phi) is 46.6. The quantitative estimate of drug-likeness (QED) is 0.0199. The summed E-state index contributed by atoms with van der Waals surface area (Å²) < 4.78 is 0. The van der Waals surface area contributed by atoms with Crippen molar-refractivity contribution in [2.24, 2.45) is 35.0 Å². The van der Waals surface area contributed by atoms with Crippen molar-refractivity contribution in [3.8, 4) is 0 Å². The number of carboxylic acid groups (broad SMARTS) is 4. The fraction of sp³-hybridized carbons (Fsp3) is 0.708. The van der Waals surface area contributed by atoms with E-state index in [2.05, 4.69) is 87.1 Å². The second-order valence-electron chi connectivity index (χ2n) is 26.6. The zero-order valence-electron chi connectivity index (χ0n) is 61.4. The van der Waals surface area contributed by atoms with E-state index in [1.54, 1.807) is 41.5 Å². The minimum atomic E-state index is -1.73. The monoisotopic (exact) mass is 1530 g/mol.